The molecule has 0 radical (unpaired) electrons. The van der Waals surface area contributed by atoms with E-state index in [-0.39, 0.29) is 16.9 Å². The quantitative estimate of drug-likeness (QED) is 0.369. The van der Waals surface area contributed by atoms with Gasteiger partial charge in [-0.3, -0.25) is 25.0 Å². The first-order valence-electron chi connectivity index (χ1n) is 9.42. The topological polar surface area (TPSA) is 146 Å². The predicted octanol–water partition coefficient (Wildman–Crippen LogP) is 4.11. The van der Waals surface area contributed by atoms with E-state index in [1.807, 2.05) is 30.3 Å². The number of amides is 1. The zero-order valence-electron chi connectivity index (χ0n) is 17.0. The fraction of sp³-hybridized carbons (Fsp3) is 0.0952. The SMILES string of the molecule is Cc1cc(NC(=O)c2cc([N+](=O)[O-])cc([N+](=O)[O-])c2C)n(-c2ccc3ccccc3n2)n1. The first kappa shape index (κ1) is 20.6. The minimum Gasteiger partial charge on any atom is -0.306 e. The molecule has 11 heteroatoms. The first-order chi connectivity index (χ1) is 15.2. The van der Waals surface area contributed by atoms with E-state index < -0.39 is 27.1 Å². The second kappa shape index (κ2) is 7.87. The number of pyridine rings is 1. The lowest BCUT2D eigenvalue weighted by Crippen LogP contribution is -2.17. The smallest absolute Gasteiger partial charge is 0.279 e. The first-order valence-corrected chi connectivity index (χ1v) is 9.42. The molecule has 2 heterocycles. The number of carbonyl (C=O) groups is 1. The molecule has 0 aliphatic rings. The van der Waals surface area contributed by atoms with Crippen LogP contribution >= 0.6 is 0 Å². The summed E-state index contributed by atoms with van der Waals surface area (Å²) in [7, 11) is 0. The average Bonchev–Trinajstić information content (AvgIpc) is 3.12. The van der Waals surface area contributed by atoms with Crippen molar-refractivity contribution in [3.63, 3.8) is 0 Å². The third-order valence-corrected chi connectivity index (χ3v) is 4.89. The van der Waals surface area contributed by atoms with E-state index in [9.17, 15) is 25.0 Å². The third kappa shape index (κ3) is 3.74. The number of anilines is 1. The van der Waals surface area contributed by atoms with Crippen LogP contribution < -0.4 is 5.32 Å². The highest BCUT2D eigenvalue weighted by Crippen LogP contribution is 2.29. The van der Waals surface area contributed by atoms with Gasteiger partial charge in [-0.25, -0.2) is 4.98 Å². The Kier molecular flexibility index (Phi) is 5.07. The van der Waals surface area contributed by atoms with Gasteiger partial charge in [0.05, 0.1) is 32.7 Å². The van der Waals surface area contributed by atoms with E-state index >= 15 is 0 Å². The summed E-state index contributed by atoms with van der Waals surface area (Å²) in [5.41, 5.74) is 0.114. The number of nitrogens with one attached hydrogen (secondary N) is 1. The van der Waals surface area contributed by atoms with Gasteiger partial charge in [0.15, 0.2) is 5.82 Å². The van der Waals surface area contributed by atoms with Crippen LogP contribution in [0.1, 0.15) is 21.6 Å². The lowest BCUT2D eigenvalue weighted by atomic mass is 10.0. The number of nitro benzene ring substituents is 2. The zero-order chi connectivity index (χ0) is 23.0. The number of hydrogen-bond donors (Lipinski definition) is 1. The molecule has 0 atom stereocenters. The molecule has 0 spiro atoms. The van der Waals surface area contributed by atoms with Crippen molar-refractivity contribution in [3.8, 4) is 5.82 Å². The largest absolute Gasteiger partial charge is 0.306 e. The van der Waals surface area contributed by atoms with Crippen molar-refractivity contribution in [3.05, 3.63) is 91.6 Å². The lowest BCUT2D eigenvalue weighted by Gasteiger charge is -2.10. The third-order valence-electron chi connectivity index (χ3n) is 4.89. The lowest BCUT2D eigenvalue weighted by molar-refractivity contribution is -0.394. The number of nitrogens with zero attached hydrogens (tertiary/aromatic N) is 5. The molecule has 0 bridgehead atoms. The molecule has 11 nitrogen and oxygen atoms in total. The highest BCUT2D eigenvalue weighted by molar-refractivity contribution is 6.06. The zero-order valence-corrected chi connectivity index (χ0v) is 17.0. The maximum Gasteiger partial charge on any atom is 0.279 e. The summed E-state index contributed by atoms with van der Waals surface area (Å²) in [6.07, 6.45) is 0. The molecule has 0 fully saturated rings. The summed E-state index contributed by atoms with van der Waals surface area (Å²) in [4.78, 5) is 38.5. The van der Waals surface area contributed by atoms with Gasteiger partial charge in [-0.15, -0.1) is 0 Å². The van der Waals surface area contributed by atoms with Crippen LogP contribution in [0, 0.1) is 34.1 Å². The van der Waals surface area contributed by atoms with Crippen molar-refractivity contribution < 1.29 is 14.6 Å². The number of aryl methyl sites for hydroxylation is 1. The van der Waals surface area contributed by atoms with Gasteiger partial charge in [-0.05, 0) is 32.0 Å². The van der Waals surface area contributed by atoms with Gasteiger partial charge < -0.3 is 5.32 Å². The number of hydrogen-bond acceptors (Lipinski definition) is 7. The van der Waals surface area contributed by atoms with Gasteiger partial charge in [-0.1, -0.05) is 18.2 Å². The average molecular weight is 432 g/mol. The second-order valence-electron chi connectivity index (χ2n) is 7.05. The van der Waals surface area contributed by atoms with Crippen molar-refractivity contribution in [2.24, 2.45) is 0 Å². The van der Waals surface area contributed by atoms with Crippen molar-refractivity contribution >= 4 is 34.0 Å². The van der Waals surface area contributed by atoms with Crippen LogP contribution in [0.15, 0.2) is 54.6 Å². The highest BCUT2D eigenvalue weighted by Gasteiger charge is 2.25. The number of rotatable bonds is 5. The van der Waals surface area contributed by atoms with E-state index in [1.165, 1.54) is 11.6 Å². The van der Waals surface area contributed by atoms with Gasteiger partial charge in [0.1, 0.15) is 5.82 Å². The van der Waals surface area contributed by atoms with Crippen LogP contribution in [0.25, 0.3) is 16.7 Å². The summed E-state index contributed by atoms with van der Waals surface area (Å²) in [5, 5.41) is 30.5. The normalized spacial score (nSPS) is 10.8. The van der Waals surface area contributed by atoms with Crippen molar-refractivity contribution in [2.45, 2.75) is 13.8 Å². The summed E-state index contributed by atoms with van der Waals surface area (Å²) >= 11 is 0. The Morgan fingerprint density at radius 3 is 2.47 bits per heavy atom. The number of benzene rings is 2. The molecule has 4 rings (SSSR count). The molecule has 1 amide bonds. The molecule has 0 aliphatic carbocycles. The fourth-order valence-corrected chi connectivity index (χ4v) is 3.34. The molecular weight excluding hydrogens is 416 g/mol. The summed E-state index contributed by atoms with van der Waals surface area (Å²) in [5.74, 6) is -0.0195. The Hall–Kier alpha value is -4.67. The summed E-state index contributed by atoms with van der Waals surface area (Å²) < 4.78 is 1.43. The minimum atomic E-state index is -0.781. The van der Waals surface area contributed by atoms with Crippen molar-refractivity contribution in [1.29, 1.82) is 0 Å². The van der Waals surface area contributed by atoms with Crippen molar-refractivity contribution in [1.82, 2.24) is 14.8 Å². The molecule has 0 saturated heterocycles. The van der Waals surface area contributed by atoms with Crippen LogP contribution in [0.4, 0.5) is 17.2 Å². The maximum absolute atomic E-state index is 13.0. The summed E-state index contributed by atoms with van der Waals surface area (Å²) in [6, 6.07) is 14.6. The number of fused-ring (bicyclic) bond motifs is 1. The van der Waals surface area contributed by atoms with E-state index in [0.717, 1.165) is 23.0 Å². The van der Waals surface area contributed by atoms with Gasteiger partial charge in [-0.2, -0.15) is 9.78 Å². The van der Waals surface area contributed by atoms with Gasteiger partial charge >= 0.3 is 0 Å². The highest BCUT2D eigenvalue weighted by atomic mass is 16.6. The molecule has 160 valence electrons. The Morgan fingerprint density at radius 2 is 1.75 bits per heavy atom. The van der Waals surface area contributed by atoms with E-state index in [2.05, 4.69) is 15.4 Å². The van der Waals surface area contributed by atoms with Crippen LogP contribution in [0.2, 0.25) is 0 Å². The Morgan fingerprint density at radius 1 is 1.00 bits per heavy atom. The number of aromatic nitrogens is 3. The Labute approximate surface area is 180 Å². The monoisotopic (exact) mass is 432 g/mol. The number of nitro groups is 2. The Bertz CT molecular complexity index is 1410. The molecular formula is C21H16N6O5. The van der Waals surface area contributed by atoms with Crippen LogP contribution in [-0.2, 0) is 0 Å². The van der Waals surface area contributed by atoms with E-state index in [4.69, 9.17) is 0 Å². The molecule has 32 heavy (non-hydrogen) atoms. The maximum atomic E-state index is 13.0. The molecule has 2 aromatic heterocycles. The van der Waals surface area contributed by atoms with Gasteiger partial charge in [0.25, 0.3) is 17.3 Å². The Balaban J connectivity index is 1.75. The molecule has 0 aliphatic heterocycles. The molecule has 0 unspecified atom stereocenters. The predicted molar refractivity (Wildman–Crippen MR) is 116 cm³/mol. The molecule has 4 aromatic rings. The van der Waals surface area contributed by atoms with Crippen LogP contribution in [0.5, 0.6) is 0 Å². The minimum absolute atomic E-state index is 0.0183. The van der Waals surface area contributed by atoms with E-state index in [0.29, 0.717) is 11.5 Å². The fourth-order valence-electron chi connectivity index (χ4n) is 3.34. The summed E-state index contributed by atoms with van der Waals surface area (Å²) in [6.45, 7) is 3.10. The van der Waals surface area contributed by atoms with E-state index in [1.54, 1.807) is 19.1 Å². The standard InChI is InChI=1S/C21H16N6O5/c1-12-9-20(25(24-12)19-8-7-14-5-3-4-6-17(14)22-19)23-21(28)16-10-15(26(29)30)11-18(13(16)2)27(31)32/h3-11H,1-2H3,(H,23,28). The number of carbonyl (C=O) groups excluding carboxylic acids is 1. The second-order valence-corrected chi connectivity index (χ2v) is 7.05. The number of non-ortho nitro benzene ring substituents is 1. The van der Waals surface area contributed by atoms with Gasteiger partial charge in [0, 0.05) is 23.1 Å². The molecule has 0 saturated carbocycles. The van der Waals surface area contributed by atoms with Crippen LogP contribution in [-0.4, -0.2) is 30.5 Å². The van der Waals surface area contributed by atoms with Crippen molar-refractivity contribution in [2.75, 3.05) is 5.32 Å². The molecule has 2 aromatic carbocycles. The molecule has 1 N–H and O–H groups in total. The van der Waals surface area contributed by atoms with Gasteiger partial charge in [0.2, 0.25) is 0 Å². The van der Waals surface area contributed by atoms with Crippen LogP contribution in [0.3, 0.4) is 0 Å². The number of para-hydroxylation sites is 1.